The number of hydrogen-bond donors (Lipinski definition) is 0. The zero-order valence-corrected chi connectivity index (χ0v) is 13.8. The lowest BCUT2D eigenvalue weighted by Crippen LogP contribution is -2.45. The van der Waals surface area contributed by atoms with Crippen molar-refractivity contribution in [1.29, 1.82) is 0 Å². The predicted octanol–water partition coefficient (Wildman–Crippen LogP) is 3.69. The van der Waals surface area contributed by atoms with Gasteiger partial charge < -0.3 is 4.74 Å². The molecule has 1 amide bonds. The van der Waals surface area contributed by atoms with Gasteiger partial charge in [0.25, 0.3) is 0 Å². The van der Waals surface area contributed by atoms with Crippen molar-refractivity contribution < 1.29 is 9.53 Å². The molecule has 22 heavy (non-hydrogen) atoms. The Morgan fingerprint density at radius 3 is 2.82 bits per heavy atom. The molecule has 2 atom stereocenters. The van der Waals surface area contributed by atoms with Gasteiger partial charge in [0.2, 0.25) is 5.28 Å². The number of aromatic nitrogens is 2. The average molecular weight is 322 g/mol. The third-order valence-electron chi connectivity index (χ3n) is 3.95. The van der Waals surface area contributed by atoms with Crippen molar-refractivity contribution in [2.75, 3.05) is 0 Å². The average Bonchev–Trinajstić information content (AvgIpc) is 2.68. The SMILES string of the molecule is CC(C)(C)OC(=O)N1C2C=C(c3ccnc(Cl)n3)CC1CC2. The van der Waals surface area contributed by atoms with Crippen LogP contribution in [0, 0.1) is 0 Å². The van der Waals surface area contributed by atoms with Gasteiger partial charge in [-0.05, 0) is 63.3 Å². The number of ether oxygens (including phenoxy) is 1. The van der Waals surface area contributed by atoms with Gasteiger partial charge in [0.1, 0.15) is 5.60 Å². The highest BCUT2D eigenvalue weighted by Gasteiger charge is 2.41. The van der Waals surface area contributed by atoms with Crippen LogP contribution in [0.2, 0.25) is 5.28 Å². The Morgan fingerprint density at radius 1 is 1.41 bits per heavy atom. The molecule has 3 rings (SSSR count). The van der Waals surface area contributed by atoms with E-state index in [0.29, 0.717) is 0 Å². The van der Waals surface area contributed by atoms with Crippen LogP contribution in [-0.2, 0) is 4.74 Å². The Kier molecular flexibility index (Phi) is 3.85. The minimum absolute atomic E-state index is 0.0809. The number of nitrogens with zero attached hydrogens (tertiary/aromatic N) is 3. The molecule has 1 saturated heterocycles. The van der Waals surface area contributed by atoms with E-state index >= 15 is 0 Å². The second kappa shape index (κ2) is 5.54. The number of hydrogen-bond acceptors (Lipinski definition) is 4. The van der Waals surface area contributed by atoms with E-state index in [2.05, 4.69) is 16.0 Å². The first-order chi connectivity index (χ1) is 10.3. The molecule has 1 aromatic rings. The summed E-state index contributed by atoms with van der Waals surface area (Å²) in [5.41, 5.74) is 1.51. The molecule has 0 spiro atoms. The summed E-state index contributed by atoms with van der Waals surface area (Å²) < 4.78 is 5.53. The first-order valence-electron chi connectivity index (χ1n) is 7.54. The Morgan fingerprint density at radius 2 is 2.18 bits per heavy atom. The van der Waals surface area contributed by atoms with E-state index in [4.69, 9.17) is 16.3 Å². The number of amides is 1. The maximum atomic E-state index is 12.4. The fourth-order valence-corrected chi connectivity index (χ4v) is 3.28. The van der Waals surface area contributed by atoms with Gasteiger partial charge in [0.05, 0.1) is 11.7 Å². The van der Waals surface area contributed by atoms with Crippen LogP contribution < -0.4 is 0 Å². The molecule has 2 bridgehead atoms. The Hall–Kier alpha value is -1.62. The van der Waals surface area contributed by atoms with Crippen LogP contribution in [0.25, 0.3) is 5.57 Å². The third-order valence-corrected chi connectivity index (χ3v) is 4.14. The van der Waals surface area contributed by atoms with E-state index in [1.165, 1.54) is 0 Å². The topological polar surface area (TPSA) is 55.3 Å². The highest BCUT2D eigenvalue weighted by Crippen LogP contribution is 2.38. The lowest BCUT2D eigenvalue weighted by Gasteiger charge is -2.35. The molecule has 0 N–H and O–H groups in total. The van der Waals surface area contributed by atoms with E-state index < -0.39 is 5.60 Å². The van der Waals surface area contributed by atoms with Crippen molar-refractivity contribution in [3.8, 4) is 0 Å². The minimum Gasteiger partial charge on any atom is -0.444 e. The van der Waals surface area contributed by atoms with Crippen LogP contribution in [0.4, 0.5) is 4.79 Å². The summed E-state index contributed by atoms with van der Waals surface area (Å²) in [6.07, 6.45) is 6.29. The van der Waals surface area contributed by atoms with Gasteiger partial charge in [0, 0.05) is 12.2 Å². The molecule has 1 fully saturated rings. The highest BCUT2D eigenvalue weighted by molar-refractivity contribution is 6.28. The Labute approximate surface area is 135 Å². The number of halogens is 1. The molecular weight excluding hydrogens is 302 g/mol. The monoisotopic (exact) mass is 321 g/mol. The van der Waals surface area contributed by atoms with Gasteiger partial charge in [-0.15, -0.1) is 0 Å². The van der Waals surface area contributed by atoms with E-state index in [1.807, 2.05) is 31.7 Å². The van der Waals surface area contributed by atoms with Crippen molar-refractivity contribution in [2.45, 2.75) is 57.7 Å². The van der Waals surface area contributed by atoms with Crippen LogP contribution >= 0.6 is 11.6 Å². The van der Waals surface area contributed by atoms with Crippen LogP contribution in [0.15, 0.2) is 18.3 Å². The molecule has 2 aliphatic heterocycles. The highest BCUT2D eigenvalue weighted by atomic mass is 35.5. The number of rotatable bonds is 1. The van der Waals surface area contributed by atoms with E-state index in [9.17, 15) is 4.79 Å². The first-order valence-corrected chi connectivity index (χ1v) is 7.92. The van der Waals surface area contributed by atoms with Gasteiger partial charge in [-0.2, -0.15) is 0 Å². The number of fused-ring (bicyclic) bond motifs is 2. The summed E-state index contributed by atoms with van der Waals surface area (Å²) in [5.74, 6) is 0. The molecule has 0 aromatic carbocycles. The summed E-state index contributed by atoms with van der Waals surface area (Å²) in [7, 11) is 0. The van der Waals surface area contributed by atoms with Crippen LogP contribution in [-0.4, -0.2) is 38.6 Å². The zero-order chi connectivity index (χ0) is 15.9. The molecule has 0 saturated carbocycles. The van der Waals surface area contributed by atoms with Gasteiger partial charge in [-0.1, -0.05) is 6.08 Å². The van der Waals surface area contributed by atoms with Crippen LogP contribution in [0.3, 0.4) is 0 Å². The van der Waals surface area contributed by atoms with E-state index in [0.717, 1.165) is 30.5 Å². The van der Waals surface area contributed by atoms with Crippen molar-refractivity contribution in [1.82, 2.24) is 14.9 Å². The van der Waals surface area contributed by atoms with Crippen molar-refractivity contribution >= 4 is 23.3 Å². The predicted molar refractivity (Wildman–Crippen MR) is 84.5 cm³/mol. The smallest absolute Gasteiger partial charge is 0.411 e. The van der Waals surface area contributed by atoms with Gasteiger partial charge in [0.15, 0.2) is 0 Å². The maximum Gasteiger partial charge on any atom is 0.411 e. The second-order valence-electron chi connectivity index (χ2n) is 6.79. The summed E-state index contributed by atoms with van der Waals surface area (Å²) in [6.45, 7) is 5.67. The van der Waals surface area contributed by atoms with Crippen molar-refractivity contribution in [3.63, 3.8) is 0 Å². The first kappa shape index (κ1) is 15.3. The Balaban J connectivity index is 1.82. The van der Waals surface area contributed by atoms with Crippen molar-refractivity contribution in [3.05, 3.63) is 29.3 Å². The largest absolute Gasteiger partial charge is 0.444 e. The molecule has 0 radical (unpaired) electrons. The fourth-order valence-electron chi connectivity index (χ4n) is 3.13. The molecule has 118 valence electrons. The second-order valence-corrected chi connectivity index (χ2v) is 7.13. The maximum absolute atomic E-state index is 12.4. The number of carbonyl (C=O) groups is 1. The Bertz CT molecular complexity index is 624. The summed E-state index contributed by atoms with van der Waals surface area (Å²) in [6, 6.07) is 2.12. The molecular formula is C16H20ClN3O2. The third kappa shape index (κ3) is 3.09. The lowest BCUT2D eigenvalue weighted by atomic mass is 9.99. The normalized spacial score (nSPS) is 24.2. The van der Waals surface area contributed by atoms with Crippen LogP contribution in [0.5, 0.6) is 0 Å². The minimum atomic E-state index is -0.472. The zero-order valence-electron chi connectivity index (χ0n) is 13.0. The van der Waals surface area contributed by atoms with Gasteiger partial charge >= 0.3 is 6.09 Å². The molecule has 0 aliphatic carbocycles. The summed E-state index contributed by atoms with van der Waals surface area (Å²) >= 11 is 5.87. The van der Waals surface area contributed by atoms with Crippen LogP contribution in [0.1, 0.15) is 45.7 Å². The molecule has 3 heterocycles. The molecule has 6 heteroatoms. The van der Waals surface area contributed by atoms with E-state index in [1.54, 1.807) is 6.20 Å². The lowest BCUT2D eigenvalue weighted by molar-refractivity contribution is 0.0175. The molecule has 5 nitrogen and oxygen atoms in total. The summed E-state index contributed by atoms with van der Waals surface area (Å²) in [4.78, 5) is 22.5. The molecule has 2 unspecified atom stereocenters. The summed E-state index contributed by atoms with van der Waals surface area (Å²) in [5, 5.41) is 0.250. The number of carbonyl (C=O) groups excluding carboxylic acids is 1. The van der Waals surface area contributed by atoms with Gasteiger partial charge in [-0.3, -0.25) is 4.90 Å². The van der Waals surface area contributed by atoms with E-state index in [-0.39, 0.29) is 23.5 Å². The standard InChI is InChI=1S/C16H20ClN3O2/c1-16(2,3)22-15(21)20-11-4-5-12(20)9-10(8-11)13-6-7-18-14(17)19-13/h6-8,11-12H,4-5,9H2,1-3H3. The molecule has 1 aromatic heterocycles. The fraction of sp³-hybridized carbons (Fsp3) is 0.562. The van der Waals surface area contributed by atoms with Gasteiger partial charge in [-0.25, -0.2) is 14.8 Å². The van der Waals surface area contributed by atoms with Crippen molar-refractivity contribution in [2.24, 2.45) is 0 Å². The molecule has 2 aliphatic rings. The quantitative estimate of drug-likeness (QED) is 0.740.